The standard InChI is InChI=1S/C19H32N4O/c1-3-20-19(21-12-9-17-10-14-23(2)15-11-17)22-13-16-24-18-7-5-4-6-8-18/h4-8,17H,3,9-16H2,1-2H3,(H2,20,21,22). The topological polar surface area (TPSA) is 48.9 Å². The van der Waals surface area contributed by atoms with Gasteiger partial charge in [-0.1, -0.05) is 18.2 Å². The lowest BCUT2D eigenvalue weighted by atomic mass is 9.94. The van der Waals surface area contributed by atoms with Crippen LogP contribution in [-0.4, -0.2) is 57.2 Å². The highest BCUT2D eigenvalue weighted by molar-refractivity contribution is 5.79. The Kier molecular flexibility index (Phi) is 8.46. The van der Waals surface area contributed by atoms with E-state index in [9.17, 15) is 0 Å². The molecule has 1 aliphatic rings. The molecule has 1 aliphatic heterocycles. The average Bonchev–Trinajstić information content (AvgIpc) is 2.61. The summed E-state index contributed by atoms with van der Waals surface area (Å²) in [5.74, 6) is 2.62. The van der Waals surface area contributed by atoms with Crippen LogP contribution in [0.2, 0.25) is 0 Å². The zero-order valence-electron chi connectivity index (χ0n) is 15.1. The van der Waals surface area contributed by atoms with Gasteiger partial charge in [0.05, 0.1) is 6.54 Å². The number of piperidine rings is 1. The number of guanidine groups is 1. The first kappa shape index (κ1) is 18.6. The van der Waals surface area contributed by atoms with Crippen LogP contribution in [0.3, 0.4) is 0 Å². The fraction of sp³-hybridized carbons (Fsp3) is 0.632. The third kappa shape index (κ3) is 7.21. The van der Waals surface area contributed by atoms with E-state index in [2.05, 4.69) is 29.5 Å². The van der Waals surface area contributed by atoms with Gasteiger partial charge in [0.2, 0.25) is 0 Å². The Labute approximate surface area is 146 Å². The second-order valence-corrected chi connectivity index (χ2v) is 6.38. The molecule has 1 saturated heterocycles. The zero-order valence-corrected chi connectivity index (χ0v) is 15.1. The second-order valence-electron chi connectivity index (χ2n) is 6.38. The molecule has 0 aromatic heterocycles. The molecule has 0 radical (unpaired) electrons. The molecule has 0 amide bonds. The molecule has 0 bridgehead atoms. The second kappa shape index (κ2) is 10.9. The fourth-order valence-electron chi connectivity index (χ4n) is 2.91. The summed E-state index contributed by atoms with van der Waals surface area (Å²) < 4.78 is 5.69. The lowest BCUT2D eigenvalue weighted by molar-refractivity contribution is 0.214. The maximum absolute atomic E-state index is 5.69. The summed E-state index contributed by atoms with van der Waals surface area (Å²) in [7, 11) is 2.21. The average molecular weight is 332 g/mol. The predicted octanol–water partition coefficient (Wildman–Crippen LogP) is 2.35. The highest BCUT2D eigenvalue weighted by Gasteiger charge is 2.15. The molecule has 5 heteroatoms. The molecular formula is C19H32N4O. The zero-order chi connectivity index (χ0) is 17.0. The number of aliphatic imine (C=N–C) groups is 1. The van der Waals surface area contributed by atoms with E-state index in [4.69, 9.17) is 9.73 Å². The van der Waals surface area contributed by atoms with Gasteiger partial charge in [0.25, 0.3) is 0 Å². The van der Waals surface area contributed by atoms with E-state index in [1.54, 1.807) is 0 Å². The van der Waals surface area contributed by atoms with Crippen molar-refractivity contribution in [3.63, 3.8) is 0 Å². The van der Waals surface area contributed by atoms with Gasteiger partial charge in [0, 0.05) is 13.1 Å². The van der Waals surface area contributed by atoms with Crippen LogP contribution < -0.4 is 15.4 Å². The van der Waals surface area contributed by atoms with Gasteiger partial charge in [-0.05, 0) is 64.4 Å². The molecule has 24 heavy (non-hydrogen) atoms. The summed E-state index contributed by atoms with van der Waals surface area (Å²) in [6.45, 7) is 7.68. The lowest BCUT2D eigenvalue weighted by Gasteiger charge is -2.28. The number of benzene rings is 1. The van der Waals surface area contributed by atoms with Crippen LogP contribution in [-0.2, 0) is 0 Å². The summed E-state index contributed by atoms with van der Waals surface area (Å²) in [6, 6.07) is 9.90. The quantitative estimate of drug-likeness (QED) is 0.436. The highest BCUT2D eigenvalue weighted by atomic mass is 16.5. The van der Waals surface area contributed by atoms with Crippen LogP contribution in [0.5, 0.6) is 5.75 Å². The SMILES string of the molecule is CCNC(=NCCC1CCN(C)CC1)NCCOc1ccccc1. The van der Waals surface area contributed by atoms with Gasteiger partial charge < -0.3 is 20.3 Å². The highest BCUT2D eigenvalue weighted by Crippen LogP contribution is 2.19. The van der Waals surface area contributed by atoms with E-state index in [1.165, 1.54) is 32.4 Å². The third-order valence-electron chi connectivity index (χ3n) is 4.40. The minimum atomic E-state index is 0.628. The van der Waals surface area contributed by atoms with Crippen LogP contribution in [0.15, 0.2) is 35.3 Å². The number of hydrogen-bond donors (Lipinski definition) is 2. The van der Waals surface area contributed by atoms with Crippen LogP contribution in [0.25, 0.3) is 0 Å². The molecule has 134 valence electrons. The van der Waals surface area contributed by atoms with E-state index in [1.807, 2.05) is 30.3 Å². The number of hydrogen-bond acceptors (Lipinski definition) is 3. The van der Waals surface area contributed by atoms with Crippen molar-refractivity contribution >= 4 is 5.96 Å². The molecule has 0 atom stereocenters. The van der Waals surface area contributed by atoms with Gasteiger partial charge in [0.1, 0.15) is 12.4 Å². The van der Waals surface area contributed by atoms with Crippen LogP contribution >= 0.6 is 0 Å². The minimum absolute atomic E-state index is 0.628. The van der Waals surface area contributed by atoms with Gasteiger partial charge in [-0.15, -0.1) is 0 Å². The molecule has 1 fully saturated rings. The molecule has 1 heterocycles. The summed E-state index contributed by atoms with van der Waals surface area (Å²) in [6.07, 6.45) is 3.80. The van der Waals surface area contributed by atoms with Crippen molar-refractivity contribution in [1.82, 2.24) is 15.5 Å². The van der Waals surface area contributed by atoms with Crippen molar-refractivity contribution in [2.45, 2.75) is 26.2 Å². The van der Waals surface area contributed by atoms with Crippen LogP contribution in [0.4, 0.5) is 0 Å². The first-order valence-corrected chi connectivity index (χ1v) is 9.16. The van der Waals surface area contributed by atoms with E-state index in [0.717, 1.165) is 37.3 Å². The Morgan fingerprint density at radius 2 is 1.96 bits per heavy atom. The van der Waals surface area contributed by atoms with Crippen molar-refractivity contribution in [3.8, 4) is 5.75 Å². The number of likely N-dealkylation sites (tertiary alicyclic amines) is 1. The summed E-state index contributed by atoms with van der Waals surface area (Å²) in [5, 5.41) is 6.64. The maximum atomic E-state index is 5.69. The van der Waals surface area contributed by atoms with E-state index >= 15 is 0 Å². The summed E-state index contributed by atoms with van der Waals surface area (Å²) in [5.41, 5.74) is 0. The Bertz CT molecular complexity index is 470. The Morgan fingerprint density at radius 1 is 1.21 bits per heavy atom. The van der Waals surface area contributed by atoms with Gasteiger partial charge in [-0.2, -0.15) is 0 Å². The van der Waals surface area contributed by atoms with E-state index < -0.39 is 0 Å². The number of nitrogens with one attached hydrogen (secondary N) is 2. The lowest BCUT2D eigenvalue weighted by Crippen LogP contribution is -2.39. The third-order valence-corrected chi connectivity index (χ3v) is 4.40. The number of nitrogens with zero attached hydrogens (tertiary/aromatic N) is 2. The first-order valence-electron chi connectivity index (χ1n) is 9.16. The predicted molar refractivity (Wildman–Crippen MR) is 101 cm³/mol. The normalized spacial score (nSPS) is 16.8. The molecule has 5 nitrogen and oxygen atoms in total. The van der Waals surface area contributed by atoms with Crippen molar-refractivity contribution in [1.29, 1.82) is 0 Å². The van der Waals surface area contributed by atoms with Gasteiger partial charge in [-0.3, -0.25) is 4.99 Å². The molecule has 2 rings (SSSR count). The largest absolute Gasteiger partial charge is 0.492 e. The van der Waals surface area contributed by atoms with Gasteiger partial charge in [-0.25, -0.2) is 0 Å². The van der Waals surface area contributed by atoms with Crippen molar-refractivity contribution in [2.75, 3.05) is 46.4 Å². The minimum Gasteiger partial charge on any atom is -0.492 e. The fourth-order valence-corrected chi connectivity index (χ4v) is 2.91. The first-order chi connectivity index (χ1) is 11.8. The number of rotatable bonds is 8. The van der Waals surface area contributed by atoms with Crippen molar-refractivity contribution in [3.05, 3.63) is 30.3 Å². The van der Waals surface area contributed by atoms with Crippen molar-refractivity contribution < 1.29 is 4.74 Å². The van der Waals surface area contributed by atoms with Gasteiger partial charge in [0.15, 0.2) is 5.96 Å². The number of ether oxygens (including phenoxy) is 1. The van der Waals surface area contributed by atoms with Crippen LogP contribution in [0, 0.1) is 5.92 Å². The molecule has 0 aliphatic carbocycles. The number of para-hydroxylation sites is 1. The van der Waals surface area contributed by atoms with Gasteiger partial charge >= 0.3 is 0 Å². The Balaban J connectivity index is 1.64. The summed E-state index contributed by atoms with van der Waals surface area (Å²) >= 11 is 0. The molecule has 0 unspecified atom stereocenters. The molecular weight excluding hydrogens is 300 g/mol. The van der Waals surface area contributed by atoms with Crippen molar-refractivity contribution in [2.24, 2.45) is 10.9 Å². The Hall–Kier alpha value is -1.75. The molecule has 1 aromatic rings. The van der Waals surface area contributed by atoms with Crippen LogP contribution in [0.1, 0.15) is 26.2 Å². The molecule has 0 spiro atoms. The smallest absolute Gasteiger partial charge is 0.191 e. The summed E-state index contributed by atoms with van der Waals surface area (Å²) in [4.78, 5) is 7.11. The van der Waals surface area contributed by atoms with E-state index in [0.29, 0.717) is 6.61 Å². The monoisotopic (exact) mass is 332 g/mol. The molecule has 1 aromatic carbocycles. The maximum Gasteiger partial charge on any atom is 0.191 e. The van der Waals surface area contributed by atoms with E-state index in [-0.39, 0.29) is 0 Å². The molecule has 2 N–H and O–H groups in total. The molecule has 0 saturated carbocycles. The Morgan fingerprint density at radius 3 is 2.67 bits per heavy atom.